The summed E-state index contributed by atoms with van der Waals surface area (Å²) in [7, 11) is 0. The molecular weight excluding hydrogens is 428 g/mol. The Morgan fingerprint density at radius 2 is 1.61 bits per heavy atom. The highest BCUT2D eigenvalue weighted by Crippen LogP contribution is 2.38. The van der Waals surface area contributed by atoms with Gasteiger partial charge in [-0.3, -0.25) is 14.4 Å². The summed E-state index contributed by atoms with van der Waals surface area (Å²) in [5.41, 5.74) is 0.917. The fourth-order valence-electron chi connectivity index (χ4n) is 4.72. The van der Waals surface area contributed by atoms with Gasteiger partial charge in [-0.05, 0) is 48.1 Å². The van der Waals surface area contributed by atoms with Gasteiger partial charge in [-0.2, -0.15) is 0 Å². The molecule has 1 N–H and O–H groups in total. The average Bonchev–Trinajstić information content (AvgIpc) is 2.99. The van der Waals surface area contributed by atoms with Crippen LogP contribution in [0.5, 0.6) is 0 Å². The molecule has 2 aromatic rings. The summed E-state index contributed by atoms with van der Waals surface area (Å²) in [5, 5.41) is 2.66. The van der Waals surface area contributed by atoms with Gasteiger partial charge in [-0.15, -0.1) is 0 Å². The van der Waals surface area contributed by atoms with E-state index in [0.717, 1.165) is 29.5 Å². The van der Waals surface area contributed by atoms with Crippen LogP contribution in [-0.4, -0.2) is 35.7 Å². The van der Waals surface area contributed by atoms with Gasteiger partial charge in [0.15, 0.2) is 0 Å². The van der Waals surface area contributed by atoms with Gasteiger partial charge >= 0.3 is 0 Å². The largest absolute Gasteiger partial charge is 0.366 e. The van der Waals surface area contributed by atoms with Crippen LogP contribution in [0.25, 0.3) is 5.57 Å². The van der Waals surface area contributed by atoms with Crippen molar-refractivity contribution in [1.82, 2.24) is 4.90 Å². The Balaban J connectivity index is 1.82. The Kier molecular flexibility index (Phi) is 6.01. The van der Waals surface area contributed by atoms with Crippen LogP contribution in [0.3, 0.4) is 0 Å². The minimum absolute atomic E-state index is 0.138. The molecule has 2 aliphatic rings. The fourth-order valence-corrected chi connectivity index (χ4v) is 4.72. The van der Waals surface area contributed by atoms with Crippen LogP contribution in [0, 0.1) is 23.5 Å². The van der Waals surface area contributed by atoms with Crippen LogP contribution in [0.4, 0.5) is 20.2 Å². The summed E-state index contributed by atoms with van der Waals surface area (Å²) in [6.45, 7) is 6.70. The molecule has 2 aromatic carbocycles. The lowest BCUT2D eigenvalue weighted by Crippen LogP contribution is -2.42. The average molecular weight is 453 g/mol. The van der Waals surface area contributed by atoms with Crippen LogP contribution < -0.4 is 10.2 Å². The molecule has 0 radical (unpaired) electrons. The number of likely N-dealkylation sites (tertiary alicyclic amines) is 1. The zero-order chi connectivity index (χ0) is 23.9. The summed E-state index contributed by atoms with van der Waals surface area (Å²) in [6, 6.07) is 9.22. The number of benzene rings is 2. The molecule has 0 aliphatic carbocycles. The summed E-state index contributed by atoms with van der Waals surface area (Å²) in [4.78, 5) is 41.0. The van der Waals surface area contributed by atoms with E-state index in [1.807, 2.05) is 4.90 Å². The maximum absolute atomic E-state index is 14.6. The van der Waals surface area contributed by atoms with Crippen LogP contribution >= 0.6 is 0 Å². The van der Waals surface area contributed by atoms with Crippen molar-refractivity contribution in [3.8, 4) is 0 Å². The van der Waals surface area contributed by atoms with Crippen molar-refractivity contribution in [2.24, 2.45) is 11.8 Å². The first-order valence-electron chi connectivity index (χ1n) is 10.9. The number of hydrogen-bond acceptors (Lipinski definition) is 4. The van der Waals surface area contributed by atoms with Crippen molar-refractivity contribution in [1.29, 1.82) is 0 Å². The number of anilines is 2. The number of hydrogen-bond donors (Lipinski definition) is 1. The van der Waals surface area contributed by atoms with E-state index in [1.165, 1.54) is 6.92 Å². The van der Waals surface area contributed by atoms with E-state index < -0.39 is 29.1 Å². The summed E-state index contributed by atoms with van der Waals surface area (Å²) in [6.07, 6.45) is 0.995. The second-order valence-corrected chi connectivity index (χ2v) is 8.87. The molecule has 0 saturated carbocycles. The Morgan fingerprint density at radius 3 is 2.21 bits per heavy atom. The number of nitrogens with one attached hydrogen (secondary N) is 1. The van der Waals surface area contributed by atoms with Gasteiger partial charge in [-0.25, -0.2) is 13.7 Å². The summed E-state index contributed by atoms with van der Waals surface area (Å²) in [5.74, 6) is -2.63. The highest BCUT2D eigenvalue weighted by Gasteiger charge is 2.44. The molecule has 2 aliphatic heterocycles. The molecular formula is C25H25F2N3O3. The number of halogens is 2. The topological polar surface area (TPSA) is 69.7 Å². The lowest BCUT2D eigenvalue weighted by molar-refractivity contribution is -0.121. The molecule has 3 amide bonds. The maximum Gasteiger partial charge on any atom is 0.282 e. The molecule has 2 heterocycles. The number of nitrogens with zero attached hydrogens (tertiary/aromatic N) is 2. The van der Waals surface area contributed by atoms with Gasteiger partial charge in [-0.1, -0.05) is 26.0 Å². The highest BCUT2D eigenvalue weighted by molar-refractivity contribution is 6.45. The van der Waals surface area contributed by atoms with Gasteiger partial charge in [0.05, 0.1) is 11.3 Å². The first-order valence-corrected chi connectivity index (χ1v) is 10.9. The van der Waals surface area contributed by atoms with Crippen LogP contribution in [0.15, 0.2) is 48.2 Å². The first kappa shape index (κ1) is 22.6. The highest BCUT2D eigenvalue weighted by atomic mass is 19.1. The van der Waals surface area contributed by atoms with E-state index in [-0.39, 0.29) is 17.2 Å². The number of rotatable bonds is 4. The van der Waals surface area contributed by atoms with Gasteiger partial charge in [0.2, 0.25) is 5.91 Å². The van der Waals surface area contributed by atoms with Crippen molar-refractivity contribution >= 4 is 34.7 Å². The predicted molar refractivity (Wildman–Crippen MR) is 121 cm³/mol. The Morgan fingerprint density at radius 1 is 0.970 bits per heavy atom. The number of carbonyl (C=O) groups is 3. The van der Waals surface area contributed by atoms with Crippen molar-refractivity contribution in [3.63, 3.8) is 0 Å². The Labute approximate surface area is 190 Å². The van der Waals surface area contributed by atoms with Crippen molar-refractivity contribution in [3.05, 3.63) is 65.4 Å². The molecule has 172 valence electrons. The Hall–Kier alpha value is -3.55. The van der Waals surface area contributed by atoms with Crippen LogP contribution in [-0.2, 0) is 14.4 Å². The van der Waals surface area contributed by atoms with E-state index in [0.29, 0.717) is 36.2 Å². The van der Waals surface area contributed by atoms with Crippen molar-refractivity contribution < 1.29 is 23.2 Å². The molecule has 2 atom stereocenters. The van der Waals surface area contributed by atoms with Crippen molar-refractivity contribution in [2.75, 3.05) is 23.3 Å². The molecule has 1 saturated heterocycles. The van der Waals surface area contributed by atoms with Crippen molar-refractivity contribution in [2.45, 2.75) is 27.2 Å². The molecule has 1 fully saturated rings. The van der Waals surface area contributed by atoms with Gasteiger partial charge in [0.1, 0.15) is 17.3 Å². The second-order valence-electron chi connectivity index (χ2n) is 8.87. The lowest BCUT2D eigenvalue weighted by Gasteiger charge is -2.37. The molecule has 0 bridgehead atoms. The molecule has 4 rings (SSSR count). The number of imide groups is 1. The van der Waals surface area contributed by atoms with Gasteiger partial charge in [0.25, 0.3) is 11.8 Å². The molecule has 6 nitrogen and oxygen atoms in total. The number of amides is 3. The normalized spacial score (nSPS) is 21.1. The third-order valence-corrected chi connectivity index (χ3v) is 5.89. The van der Waals surface area contributed by atoms with E-state index in [2.05, 4.69) is 19.2 Å². The predicted octanol–water partition coefficient (Wildman–Crippen LogP) is 4.19. The molecule has 8 heteroatoms. The Bertz CT molecular complexity index is 1150. The molecule has 0 spiro atoms. The van der Waals surface area contributed by atoms with E-state index >= 15 is 0 Å². The fraction of sp³-hybridized carbons (Fsp3) is 0.320. The molecule has 33 heavy (non-hydrogen) atoms. The monoisotopic (exact) mass is 453 g/mol. The second kappa shape index (κ2) is 8.77. The SMILES string of the molecule is CC(=O)Nc1ccc(C2=C(N3CC(C)CC(C)C3)C(=O)N(c3cc(F)ccc3F)C2=O)cc1. The number of piperidine rings is 1. The minimum atomic E-state index is -0.861. The summed E-state index contributed by atoms with van der Waals surface area (Å²) < 4.78 is 28.5. The summed E-state index contributed by atoms with van der Waals surface area (Å²) >= 11 is 0. The van der Waals surface area contributed by atoms with E-state index in [9.17, 15) is 23.2 Å². The minimum Gasteiger partial charge on any atom is -0.366 e. The quantitative estimate of drug-likeness (QED) is 0.705. The lowest BCUT2D eigenvalue weighted by atomic mass is 9.91. The zero-order valence-corrected chi connectivity index (χ0v) is 18.7. The van der Waals surface area contributed by atoms with E-state index in [4.69, 9.17) is 0 Å². The standard InChI is InChI=1S/C25H25F2N3O3/c1-14-10-15(2)13-29(12-14)23-22(17-4-7-19(8-5-17)28-16(3)31)24(32)30(25(23)33)21-11-18(26)6-9-20(21)27/h4-9,11,14-15H,10,12-13H2,1-3H3,(H,28,31). The zero-order valence-electron chi connectivity index (χ0n) is 18.7. The number of carbonyl (C=O) groups excluding carboxylic acids is 3. The molecule has 2 unspecified atom stereocenters. The third-order valence-electron chi connectivity index (χ3n) is 5.89. The molecule has 0 aromatic heterocycles. The van der Waals surface area contributed by atoms with Gasteiger partial charge in [0, 0.05) is 31.8 Å². The smallest absolute Gasteiger partial charge is 0.282 e. The maximum atomic E-state index is 14.6. The third kappa shape index (κ3) is 4.37. The van der Waals surface area contributed by atoms with Gasteiger partial charge < -0.3 is 10.2 Å². The van der Waals surface area contributed by atoms with E-state index in [1.54, 1.807) is 24.3 Å². The first-order chi connectivity index (χ1) is 15.7. The van der Waals surface area contributed by atoms with Crippen LogP contribution in [0.2, 0.25) is 0 Å². The van der Waals surface area contributed by atoms with Crippen LogP contribution in [0.1, 0.15) is 32.8 Å².